The van der Waals surface area contributed by atoms with Gasteiger partial charge in [0.1, 0.15) is 0 Å². The van der Waals surface area contributed by atoms with E-state index in [4.69, 9.17) is 14.2 Å². The Morgan fingerprint density at radius 1 is 1.36 bits per heavy atom. The second-order valence-electron chi connectivity index (χ2n) is 6.26. The van der Waals surface area contributed by atoms with Crippen molar-refractivity contribution < 1.29 is 14.2 Å². The van der Waals surface area contributed by atoms with Gasteiger partial charge >= 0.3 is 0 Å². The first-order valence-corrected chi connectivity index (χ1v) is 9.05. The van der Waals surface area contributed by atoms with Crippen molar-refractivity contribution in [3.05, 3.63) is 0 Å². The molecule has 0 aliphatic carbocycles. The quantitative estimate of drug-likeness (QED) is 0.193. The number of nitrogens with zero attached hydrogens (tertiary/aromatic N) is 2. The van der Waals surface area contributed by atoms with Crippen molar-refractivity contribution in [2.24, 2.45) is 4.99 Å². The lowest BCUT2D eigenvalue weighted by atomic mass is 10.2. The summed E-state index contributed by atoms with van der Waals surface area (Å²) in [6, 6.07) is 0. The van der Waals surface area contributed by atoms with Crippen LogP contribution in [0.5, 0.6) is 0 Å². The fourth-order valence-electron chi connectivity index (χ4n) is 2.49. The van der Waals surface area contributed by atoms with E-state index in [2.05, 4.69) is 34.6 Å². The molecule has 7 nitrogen and oxygen atoms in total. The second kappa shape index (κ2) is 16.0. The number of hydrogen-bond donors (Lipinski definition) is 2. The Bertz CT molecular complexity index is 340. The molecule has 2 N–H and O–H groups in total. The zero-order valence-electron chi connectivity index (χ0n) is 16.3. The SMILES string of the molecule is CCOC(CCN(C)C)CNC(=NC)NCCCOC1CCOC1.I. The van der Waals surface area contributed by atoms with Crippen molar-refractivity contribution in [3.63, 3.8) is 0 Å². The Balaban J connectivity index is 0.00000576. The van der Waals surface area contributed by atoms with Gasteiger partial charge in [-0.25, -0.2) is 0 Å². The molecule has 1 fully saturated rings. The number of nitrogens with one attached hydrogen (secondary N) is 2. The van der Waals surface area contributed by atoms with Crippen LogP contribution in [0, 0.1) is 0 Å². The van der Waals surface area contributed by atoms with Crippen LogP contribution in [0.3, 0.4) is 0 Å². The van der Waals surface area contributed by atoms with Gasteiger partial charge < -0.3 is 29.7 Å². The first-order valence-electron chi connectivity index (χ1n) is 9.05. The molecule has 2 unspecified atom stereocenters. The van der Waals surface area contributed by atoms with Gasteiger partial charge in [-0.05, 0) is 40.3 Å². The highest BCUT2D eigenvalue weighted by Crippen LogP contribution is 2.07. The van der Waals surface area contributed by atoms with Crippen LogP contribution >= 0.6 is 24.0 Å². The predicted molar refractivity (Wildman–Crippen MR) is 113 cm³/mol. The van der Waals surface area contributed by atoms with Crippen LogP contribution < -0.4 is 10.6 Å². The van der Waals surface area contributed by atoms with Gasteiger partial charge in [-0.1, -0.05) is 0 Å². The molecule has 8 heteroatoms. The number of rotatable bonds is 12. The molecule has 0 aromatic carbocycles. The Morgan fingerprint density at radius 2 is 2.16 bits per heavy atom. The molecule has 0 bridgehead atoms. The third-order valence-electron chi connectivity index (χ3n) is 3.88. The van der Waals surface area contributed by atoms with E-state index in [1.54, 1.807) is 7.05 Å². The summed E-state index contributed by atoms with van der Waals surface area (Å²) in [6.45, 7) is 7.69. The van der Waals surface area contributed by atoms with E-state index >= 15 is 0 Å². The van der Waals surface area contributed by atoms with E-state index in [1.165, 1.54) is 0 Å². The highest BCUT2D eigenvalue weighted by molar-refractivity contribution is 14.0. The summed E-state index contributed by atoms with van der Waals surface area (Å²) in [5.41, 5.74) is 0. The van der Waals surface area contributed by atoms with Crippen molar-refractivity contribution >= 4 is 29.9 Å². The third kappa shape index (κ3) is 12.8. The molecule has 1 aliphatic heterocycles. The smallest absolute Gasteiger partial charge is 0.191 e. The molecule has 0 amide bonds. The summed E-state index contributed by atoms with van der Waals surface area (Å²) in [5.74, 6) is 0.814. The van der Waals surface area contributed by atoms with Gasteiger partial charge in [0.15, 0.2) is 5.96 Å². The molecule has 0 aromatic heterocycles. The van der Waals surface area contributed by atoms with Crippen molar-refractivity contribution in [3.8, 4) is 0 Å². The van der Waals surface area contributed by atoms with Crippen LogP contribution in [0.15, 0.2) is 4.99 Å². The molecular weight excluding hydrogens is 435 g/mol. The molecule has 1 heterocycles. The van der Waals surface area contributed by atoms with E-state index in [9.17, 15) is 0 Å². The lowest BCUT2D eigenvalue weighted by Crippen LogP contribution is -2.43. The summed E-state index contributed by atoms with van der Waals surface area (Å²) in [4.78, 5) is 6.43. The fourth-order valence-corrected chi connectivity index (χ4v) is 2.49. The topological polar surface area (TPSA) is 67.4 Å². The Labute approximate surface area is 170 Å². The first-order chi connectivity index (χ1) is 11.7. The maximum atomic E-state index is 5.78. The van der Waals surface area contributed by atoms with Crippen LogP contribution in [-0.4, -0.2) is 90.3 Å². The second-order valence-corrected chi connectivity index (χ2v) is 6.26. The van der Waals surface area contributed by atoms with Gasteiger partial charge in [0.2, 0.25) is 0 Å². The van der Waals surface area contributed by atoms with E-state index in [1.807, 2.05) is 6.92 Å². The number of hydrogen-bond acceptors (Lipinski definition) is 5. The highest BCUT2D eigenvalue weighted by Gasteiger charge is 2.15. The normalized spacial score (nSPS) is 18.9. The minimum Gasteiger partial charge on any atom is -0.379 e. The molecule has 25 heavy (non-hydrogen) atoms. The van der Waals surface area contributed by atoms with E-state index in [0.29, 0.717) is 0 Å². The Kier molecular flexibility index (Phi) is 15.9. The molecule has 150 valence electrons. The van der Waals surface area contributed by atoms with E-state index in [-0.39, 0.29) is 36.2 Å². The Morgan fingerprint density at radius 3 is 2.76 bits per heavy atom. The summed E-state index contributed by atoms with van der Waals surface area (Å²) in [7, 11) is 5.95. The number of aliphatic imine (C=N–C) groups is 1. The van der Waals surface area contributed by atoms with Crippen molar-refractivity contribution in [1.29, 1.82) is 0 Å². The van der Waals surface area contributed by atoms with Crippen LogP contribution in [0.25, 0.3) is 0 Å². The summed E-state index contributed by atoms with van der Waals surface area (Å²) in [5, 5.41) is 6.66. The van der Waals surface area contributed by atoms with Crippen LogP contribution in [0.2, 0.25) is 0 Å². The Hall–Kier alpha value is -0.160. The van der Waals surface area contributed by atoms with Gasteiger partial charge in [-0.2, -0.15) is 0 Å². The van der Waals surface area contributed by atoms with Gasteiger partial charge in [0, 0.05) is 46.5 Å². The van der Waals surface area contributed by atoms with Crippen LogP contribution in [0.1, 0.15) is 26.2 Å². The van der Waals surface area contributed by atoms with Crippen molar-refractivity contribution in [2.45, 2.75) is 38.4 Å². The average Bonchev–Trinajstić information content (AvgIpc) is 3.08. The molecule has 0 spiro atoms. The summed E-state index contributed by atoms with van der Waals surface area (Å²) >= 11 is 0. The first kappa shape index (κ1) is 24.8. The molecule has 0 saturated carbocycles. The van der Waals surface area contributed by atoms with Crippen LogP contribution in [0.4, 0.5) is 0 Å². The molecule has 1 saturated heterocycles. The van der Waals surface area contributed by atoms with Gasteiger partial charge in [-0.15, -0.1) is 24.0 Å². The minimum atomic E-state index is 0. The predicted octanol–water partition coefficient (Wildman–Crippen LogP) is 1.32. The monoisotopic (exact) mass is 472 g/mol. The standard InChI is InChI=1S/C17H36N4O3.HI/c1-5-23-15(7-10-21(3)4)13-20-17(18-2)19-9-6-11-24-16-8-12-22-14-16;/h15-16H,5-14H2,1-4H3,(H2,18,19,20);1H. The molecular formula is C17H37IN4O3. The average molecular weight is 472 g/mol. The molecule has 1 rings (SSSR count). The molecule has 2 atom stereocenters. The molecule has 0 aromatic rings. The van der Waals surface area contributed by atoms with Gasteiger partial charge in [-0.3, -0.25) is 4.99 Å². The number of ether oxygens (including phenoxy) is 3. The van der Waals surface area contributed by atoms with Gasteiger partial charge in [0.25, 0.3) is 0 Å². The van der Waals surface area contributed by atoms with Crippen molar-refractivity contribution in [1.82, 2.24) is 15.5 Å². The van der Waals surface area contributed by atoms with E-state index < -0.39 is 0 Å². The van der Waals surface area contributed by atoms with Crippen LogP contribution in [-0.2, 0) is 14.2 Å². The van der Waals surface area contributed by atoms with Crippen molar-refractivity contribution in [2.75, 3.05) is 67.2 Å². The number of halogens is 1. The molecule has 0 radical (unpaired) electrons. The lowest BCUT2D eigenvalue weighted by Gasteiger charge is -2.21. The number of guanidine groups is 1. The lowest BCUT2D eigenvalue weighted by molar-refractivity contribution is 0.0419. The van der Waals surface area contributed by atoms with E-state index in [0.717, 1.165) is 71.3 Å². The molecule has 1 aliphatic rings. The summed E-state index contributed by atoms with van der Waals surface area (Å²) in [6.07, 6.45) is 3.45. The zero-order chi connectivity index (χ0) is 17.6. The zero-order valence-corrected chi connectivity index (χ0v) is 18.6. The maximum absolute atomic E-state index is 5.78. The largest absolute Gasteiger partial charge is 0.379 e. The highest BCUT2D eigenvalue weighted by atomic mass is 127. The van der Waals surface area contributed by atoms with Gasteiger partial charge in [0.05, 0.1) is 18.8 Å². The third-order valence-corrected chi connectivity index (χ3v) is 3.88. The fraction of sp³-hybridized carbons (Fsp3) is 0.941. The minimum absolute atomic E-state index is 0. The maximum Gasteiger partial charge on any atom is 0.191 e. The summed E-state index contributed by atoms with van der Waals surface area (Å²) < 4.78 is 16.8.